The zero-order chi connectivity index (χ0) is 28.5. The highest BCUT2D eigenvalue weighted by molar-refractivity contribution is 7.99. The van der Waals surface area contributed by atoms with Gasteiger partial charge in [0.05, 0.1) is 35.5 Å². The topological polar surface area (TPSA) is 122 Å². The standard InChI is InChI=1S/C28H25F3N4O3S/c1-14(2)15-4-8-17(9-5-15)23-19(12-33)25(34)38-22(24(23)27(36)37-3)13-39-26-18(11-32)20(28(29,30)31)10-21(35-26)16-6-7-16/h4-5,8-10,14,16,23H,6-7,13,34H2,1-3H3. The van der Waals surface area contributed by atoms with Crippen molar-refractivity contribution in [1.82, 2.24) is 4.98 Å². The van der Waals surface area contributed by atoms with Crippen LogP contribution in [0.1, 0.15) is 72.4 Å². The number of methoxy groups -OCH3 is 1. The van der Waals surface area contributed by atoms with Crippen LogP contribution in [-0.4, -0.2) is 23.8 Å². The number of hydrogen-bond acceptors (Lipinski definition) is 8. The van der Waals surface area contributed by atoms with Gasteiger partial charge in [-0.25, -0.2) is 9.78 Å². The minimum atomic E-state index is -4.74. The van der Waals surface area contributed by atoms with Crippen LogP contribution < -0.4 is 5.73 Å². The Balaban J connectivity index is 1.79. The van der Waals surface area contributed by atoms with Crippen LogP contribution in [0.3, 0.4) is 0 Å². The van der Waals surface area contributed by atoms with E-state index in [9.17, 15) is 28.5 Å². The Hall–Kier alpha value is -3.96. The molecule has 7 nitrogen and oxygen atoms in total. The normalized spacial score (nSPS) is 17.5. The first-order valence-corrected chi connectivity index (χ1v) is 13.1. The second-order valence-corrected chi connectivity index (χ2v) is 10.5. The number of nitrogens with zero attached hydrogens (tertiary/aromatic N) is 3. The number of alkyl halides is 3. The Morgan fingerprint density at radius 3 is 2.41 bits per heavy atom. The first-order valence-electron chi connectivity index (χ1n) is 12.1. The van der Waals surface area contributed by atoms with E-state index in [1.54, 1.807) is 18.2 Å². The predicted octanol–water partition coefficient (Wildman–Crippen LogP) is 6.00. The molecule has 1 aromatic heterocycles. The molecule has 0 spiro atoms. The second kappa shape index (κ2) is 11.0. The van der Waals surface area contributed by atoms with Crippen molar-refractivity contribution in [3.05, 3.63) is 81.1 Å². The molecule has 1 aliphatic carbocycles. The molecule has 0 radical (unpaired) electrons. The van der Waals surface area contributed by atoms with Gasteiger partial charge in [-0.05, 0) is 36.0 Å². The third-order valence-corrected chi connectivity index (χ3v) is 7.57. The number of allylic oxidation sites excluding steroid dienone is 1. The maximum absolute atomic E-state index is 13.8. The number of nitrogens with two attached hydrogens (primary N) is 1. The van der Waals surface area contributed by atoms with E-state index in [0.717, 1.165) is 36.2 Å². The minimum absolute atomic E-state index is 0.000877. The van der Waals surface area contributed by atoms with E-state index in [-0.39, 0.29) is 51.1 Å². The first-order chi connectivity index (χ1) is 18.5. The first kappa shape index (κ1) is 28.1. The Kier molecular flexibility index (Phi) is 7.94. The summed E-state index contributed by atoms with van der Waals surface area (Å²) in [6.07, 6.45) is -3.31. The van der Waals surface area contributed by atoms with Gasteiger partial charge in [-0.2, -0.15) is 23.7 Å². The van der Waals surface area contributed by atoms with Gasteiger partial charge in [0, 0.05) is 11.6 Å². The molecule has 0 bridgehead atoms. The lowest BCUT2D eigenvalue weighted by Crippen LogP contribution is -2.26. The molecule has 1 atom stereocenters. The second-order valence-electron chi connectivity index (χ2n) is 9.52. The fourth-order valence-electron chi connectivity index (χ4n) is 4.36. The molecule has 0 amide bonds. The van der Waals surface area contributed by atoms with Crippen molar-refractivity contribution in [1.29, 1.82) is 10.5 Å². The molecule has 1 aromatic carbocycles. The Morgan fingerprint density at radius 1 is 1.23 bits per heavy atom. The molecule has 2 aromatic rings. The summed E-state index contributed by atoms with van der Waals surface area (Å²) in [4.78, 5) is 17.4. The maximum atomic E-state index is 13.8. The molecule has 1 fully saturated rings. The number of aromatic nitrogens is 1. The van der Waals surface area contributed by atoms with Gasteiger partial charge < -0.3 is 15.2 Å². The Labute approximate surface area is 228 Å². The number of benzene rings is 1. The Morgan fingerprint density at radius 2 is 1.90 bits per heavy atom. The van der Waals surface area contributed by atoms with E-state index in [1.165, 1.54) is 7.11 Å². The molecule has 1 saturated carbocycles. The largest absolute Gasteiger partial charge is 0.466 e. The van der Waals surface area contributed by atoms with Gasteiger partial charge in [-0.3, -0.25) is 0 Å². The van der Waals surface area contributed by atoms with E-state index >= 15 is 0 Å². The lowest BCUT2D eigenvalue weighted by Gasteiger charge is -2.28. The number of esters is 1. The van der Waals surface area contributed by atoms with E-state index in [0.29, 0.717) is 5.56 Å². The molecule has 39 heavy (non-hydrogen) atoms. The molecule has 2 N–H and O–H groups in total. The number of hydrogen-bond donors (Lipinski definition) is 1. The zero-order valence-corrected chi connectivity index (χ0v) is 22.2. The van der Waals surface area contributed by atoms with Crippen molar-refractivity contribution in [3.8, 4) is 12.1 Å². The molecule has 11 heteroatoms. The quantitative estimate of drug-likeness (QED) is 0.327. The van der Waals surface area contributed by atoms with E-state index in [4.69, 9.17) is 15.2 Å². The van der Waals surface area contributed by atoms with Crippen LogP contribution in [0.25, 0.3) is 0 Å². The monoisotopic (exact) mass is 554 g/mol. The highest BCUT2D eigenvalue weighted by Crippen LogP contribution is 2.45. The highest BCUT2D eigenvalue weighted by atomic mass is 32.2. The van der Waals surface area contributed by atoms with Gasteiger partial charge in [-0.1, -0.05) is 49.9 Å². The van der Waals surface area contributed by atoms with Crippen molar-refractivity contribution in [2.45, 2.75) is 55.6 Å². The summed E-state index contributed by atoms with van der Waals surface area (Å²) in [5.41, 5.74) is 6.36. The number of rotatable bonds is 7. The van der Waals surface area contributed by atoms with Gasteiger partial charge >= 0.3 is 12.1 Å². The molecule has 4 rings (SSSR count). The molecule has 1 unspecified atom stereocenters. The van der Waals surface area contributed by atoms with Crippen LogP contribution in [0, 0.1) is 22.7 Å². The minimum Gasteiger partial charge on any atom is -0.466 e. The smallest absolute Gasteiger partial charge is 0.417 e. The van der Waals surface area contributed by atoms with Crippen LogP contribution in [0.4, 0.5) is 13.2 Å². The summed E-state index contributed by atoms with van der Waals surface area (Å²) in [6, 6.07) is 11.9. The Bertz CT molecular complexity index is 1450. The fraction of sp³-hybridized carbons (Fsp3) is 0.357. The molecule has 202 valence electrons. The molecular weight excluding hydrogens is 529 g/mol. The molecule has 1 aliphatic heterocycles. The summed E-state index contributed by atoms with van der Waals surface area (Å²) < 4.78 is 52.1. The van der Waals surface area contributed by atoms with Gasteiger partial charge in [0.25, 0.3) is 0 Å². The van der Waals surface area contributed by atoms with Crippen molar-refractivity contribution in [2.75, 3.05) is 12.9 Å². The van der Waals surface area contributed by atoms with Gasteiger partial charge in [0.2, 0.25) is 5.88 Å². The summed E-state index contributed by atoms with van der Waals surface area (Å²) in [5, 5.41) is 19.3. The van der Waals surface area contributed by atoms with E-state index in [2.05, 4.69) is 4.98 Å². The van der Waals surface area contributed by atoms with Crippen molar-refractivity contribution in [3.63, 3.8) is 0 Å². The van der Waals surface area contributed by atoms with Crippen LogP contribution in [0.2, 0.25) is 0 Å². The average molecular weight is 555 g/mol. The summed E-state index contributed by atoms with van der Waals surface area (Å²) in [7, 11) is 1.18. The van der Waals surface area contributed by atoms with Crippen molar-refractivity contribution >= 4 is 17.7 Å². The van der Waals surface area contributed by atoms with E-state index in [1.807, 2.05) is 32.0 Å². The lowest BCUT2D eigenvalue weighted by atomic mass is 9.82. The van der Waals surface area contributed by atoms with Gasteiger partial charge in [0.1, 0.15) is 28.5 Å². The number of ether oxygens (including phenoxy) is 2. The SMILES string of the molecule is COC(=O)C1=C(CSc2nc(C3CC3)cc(C(F)(F)F)c2C#N)OC(N)=C(C#N)C1c1ccc(C(C)C)cc1. The summed E-state index contributed by atoms with van der Waals surface area (Å²) in [6.45, 7) is 4.06. The third kappa shape index (κ3) is 5.74. The van der Waals surface area contributed by atoms with Crippen LogP contribution in [0.5, 0.6) is 0 Å². The number of thioether (sulfide) groups is 1. The van der Waals surface area contributed by atoms with Crippen LogP contribution >= 0.6 is 11.8 Å². The third-order valence-electron chi connectivity index (χ3n) is 6.60. The summed E-state index contributed by atoms with van der Waals surface area (Å²) in [5.74, 6) is -1.93. The molecule has 0 saturated heterocycles. The fourth-order valence-corrected chi connectivity index (χ4v) is 5.32. The number of carbonyl (C=O) groups is 1. The number of nitriles is 2. The van der Waals surface area contributed by atoms with Gasteiger partial charge in [0.15, 0.2) is 0 Å². The van der Waals surface area contributed by atoms with Crippen molar-refractivity contribution in [2.24, 2.45) is 5.73 Å². The van der Waals surface area contributed by atoms with E-state index < -0.39 is 29.2 Å². The molecule has 2 heterocycles. The zero-order valence-electron chi connectivity index (χ0n) is 21.4. The molecule has 2 aliphatic rings. The predicted molar refractivity (Wildman–Crippen MR) is 137 cm³/mol. The van der Waals surface area contributed by atoms with Crippen LogP contribution in [0.15, 0.2) is 58.1 Å². The number of carbonyl (C=O) groups excluding carboxylic acids is 1. The van der Waals surface area contributed by atoms with Gasteiger partial charge in [-0.15, -0.1) is 0 Å². The van der Waals surface area contributed by atoms with Crippen LogP contribution in [-0.2, 0) is 20.4 Å². The maximum Gasteiger partial charge on any atom is 0.417 e. The number of pyridine rings is 1. The number of halogens is 3. The average Bonchev–Trinajstić information content (AvgIpc) is 3.75. The molecular formula is C28H25F3N4O3S. The van der Waals surface area contributed by atoms with Crippen molar-refractivity contribution < 1.29 is 27.4 Å². The summed E-state index contributed by atoms with van der Waals surface area (Å²) >= 11 is 0.829. The lowest BCUT2D eigenvalue weighted by molar-refractivity contribution is -0.138. The highest BCUT2D eigenvalue weighted by Gasteiger charge is 2.40.